The first kappa shape index (κ1) is 18.3. The fraction of sp³-hybridized carbons (Fsp3) is 0.368. The van der Waals surface area contributed by atoms with Crippen LogP contribution in [-0.4, -0.2) is 38.7 Å². The van der Waals surface area contributed by atoms with E-state index in [9.17, 15) is 9.59 Å². The molecule has 26 heavy (non-hydrogen) atoms. The predicted octanol–water partition coefficient (Wildman–Crippen LogP) is 3.01. The number of carbonyl (C=O) groups is 1. The number of benzene rings is 1. The summed E-state index contributed by atoms with van der Waals surface area (Å²) in [6.07, 6.45) is 0. The van der Waals surface area contributed by atoms with Gasteiger partial charge in [-0.15, -0.1) is 11.3 Å². The zero-order chi connectivity index (χ0) is 18.8. The summed E-state index contributed by atoms with van der Waals surface area (Å²) >= 11 is 1.45. The quantitative estimate of drug-likeness (QED) is 0.692. The number of aromatic nitrogens is 3. The summed E-state index contributed by atoms with van der Waals surface area (Å²) < 4.78 is 2.01. The molecule has 2 aromatic heterocycles. The van der Waals surface area contributed by atoms with E-state index >= 15 is 0 Å². The molecule has 0 aliphatic rings. The first-order chi connectivity index (χ1) is 12.4. The minimum Gasteiger partial charge on any atom is -0.342 e. The molecule has 136 valence electrons. The van der Waals surface area contributed by atoms with Gasteiger partial charge in [0, 0.05) is 18.7 Å². The fourth-order valence-electron chi connectivity index (χ4n) is 2.88. The lowest BCUT2D eigenvalue weighted by Crippen LogP contribution is -2.37. The Morgan fingerprint density at radius 2 is 1.81 bits per heavy atom. The van der Waals surface area contributed by atoms with E-state index in [1.165, 1.54) is 16.0 Å². The molecule has 0 spiro atoms. The first-order valence-corrected chi connectivity index (χ1v) is 9.49. The van der Waals surface area contributed by atoms with Crippen molar-refractivity contribution in [3.63, 3.8) is 0 Å². The summed E-state index contributed by atoms with van der Waals surface area (Å²) in [7, 11) is 0. The van der Waals surface area contributed by atoms with Gasteiger partial charge in [0.15, 0.2) is 5.52 Å². The third kappa shape index (κ3) is 3.39. The van der Waals surface area contributed by atoms with Crippen LogP contribution in [0.4, 0.5) is 0 Å². The number of aryl methyl sites for hydroxylation is 2. The Kier molecular flexibility index (Phi) is 5.18. The predicted molar refractivity (Wildman–Crippen MR) is 105 cm³/mol. The summed E-state index contributed by atoms with van der Waals surface area (Å²) in [5, 5.41) is 5.34. The second kappa shape index (κ2) is 7.37. The molecular weight excluding hydrogens is 348 g/mol. The minimum atomic E-state index is -0.319. The smallest absolute Gasteiger partial charge is 0.294 e. The first-order valence-electron chi connectivity index (χ1n) is 8.67. The Morgan fingerprint density at radius 3 is 2.42 bits per heavy atom. The van der Waals surface area contributed by atoms with Gasteiger partial charge in [-0.2, -0.15) is 5.10 Å². The van der Waals surface area contributed by atoms with Crippen LogP contribution in [0.1, 0.15) is 24.4 Å². The third-order valence-electron chi connectivity index (χ3n) is 4.33. The molecule has 0 fully saturated rings. The monoisotopic (exact) mass is 370 g/mol. The van der Waals surface area contributed by atoms with Gasteiger partial charge in [0.05, 0.1) is 9.71 Å². The topological polar surface area (TPSA) is 68.1 Å². The van der Waals surface area contributed by atoms with Crippen molar-refractivity contribution in [2.75, 3.05) is 13.1 Å². The maximum atomic E-state index is 12.8. The lowest BCUT2D eigenvalue weighted by molar-refractivity contribution is -0.131. The van der Waals surface area contributed by atoms with E-state index in [1.54, 1.807) is 4.90 Å². The maximum absolute atomic E-state index is 12.8. The van der Waals surface area contributed by atoms with Crippen LogP contribution in [0.25, 0.3) is 21.5 Å². The second-order valence-corrected chi connectivity index (χ2v) is 7.36. The van der Waals surface area contributed by atoms with E-state index in [-0.39, 0.29) is 18.0 Å². The molecule has 3 rings (SSSR count). The van der Waals surface area contributed by atoms with E-state index in [0.717, 1.165) is 20.8 Å². The number of amides is 1. The van der Waals surface area contributed by atoms with Crippen molar-refractivity contribution in [1.29, 1.82) is 0 Å². The van der Waals surface area contributed by atoms with Crippen molar-refractivity contribution in [3.05, 3.63) is 45.2 Å². The molecule has 1 aromatic carbocycles. The fourth-order valence-corrected chi connectivity index (χ4v) is 3.80. The number of fused-ring (bicyclic) bond motifs is 1. The van der Waals surface area contributed by atoms with Crippen LogP contribution in [0.2, 0.25) is 0 Å². The van der Waals surface area contributed by atoms with Crippen LogP contribution >= 0.6 is 11.3 Å². The van der Waals surface area contributed by atoms with Crippen LogP contribution in [-0.2, 0) is 11.3 Å². The van der Waals surface area contributed by atoms with Crippen molar-refractivity contribution in [3.8, 4) is 11.3 Å². The minimum absolute atomic E-state index is 0.0775. The summed E-state index contributed by atoms with van der Waals surface area (Å²) in [5.74, 6) is -0.120. The lowest BCUT2D eigenvalue weighted by Gasteiger charge is -2.19. The molecule has 2 heterocycles. The van der Waals surface area contributed by atoms with Crippen molar-refractivity contribution < 1.29 is 4.79 Å². The zero-order valence-corrected chi connectivity index (χ0v) is 16.3. The van der Waals surface area contributed by atoms with Gasteiger partial charge in [0.25, 0.3) is 5.56 Å². The highest BCUT2D eigenvalue weighted by Crippen LogP contribution is 2.29. The molecule has 0 bridgehead atoms. The van der Waals surface area contributed by atoms with Crippen LogP contribution in [0.5, 0.6) is 0 Å². The molecule has 1 amide bonds. The van der Waals surface area contributed by atoms with Gasteiger partial charge in [-0.1, -0.05) is 29.8 Å². The average molecular weight is 370 g/mol. The number of rotatable bonds is 5. The second-order valence-electron chi connectivity index (χ2n) is 6.15. The maximum Gasteiger partial charge on any atom is 0.294 e. The summed E-state index contributed by atoms with van der Waals surface area (Å²) in [6.45, 7) is 8.86. The van der Waals surface area contributed by atoms with Crippen molar-refractivity contribution in [1.82, 2.24) is 19.7 Å². The zero-order valence-electron chi connectivity index (χ0n) is 15.4. The number of hydrogen-bond donors (Lipinski definition) is 0. The molecule has 0 unspecified atom stereocenters. The molecule has 0 saturated carbocycles. The molecular formula is C19H22N4O2S. The third-order valence-corrected chi connectivity index (χ3v) is 5.31. The van der Waals surface area contributed by atoms with Crippen LogP contribution in [0, 0.1) is 13.8 Å². The molecule has 7 heteroatoms. The normalized spacial score (nSPS) is 11.1. The van der Waals surface area contributed by atoms with E-state index in [4.69, 9.17) is 0 Å². The van der Waals surface area contributed by atoms with Gasteiger partial charge >= 0.3 is 0 Å². The molecule has 0 saturated heterocycles. The van der Waals surface area contributed by atoms with Gasteiger partial charge in [-0.3, -0.25) is 9.59 Å². The van der Waals surface area contributed by atoms with Gasteiger partial charge in [-0.05, 0) is 27.7 Å². The van der Waals surface area contributed by atoms with E-state index in [0.29, 0.717) is 24.3 Å². The number of nitrogens with zero attached hydrogens (tertiary/aromatic N) is 4. The van der Waals surface area contributed by atoms with Gasteiger partial charge < -0.3 is 4.90 Å². The van der Waals surface area contributed by atoms with E-state index in [1.807, 2.05) is 52.0 Å². The van der Waals surface area contributed by atoms with E-state index < -0.39 is 0 Å². The SMILES string of the molecule is CCN(CC)C(=O)Cn1nc(-c2ccc(C)cc2)c2sc(C)nc2c1=O. The average Bonchev–Trinajstić information content (AvgIpc) is 3.01. The standard InChI is InChI=1S/C19H22N4O2S/c1-5-22(6-2)15(24)11-23-19(25)17-18(26-13(4)20-17)16(21-23)14-9-7-12(3)8-10-14/h7-10H,5-6,11H2,1-4H3. The van der Waals surface area contributed by atoms with Crippen LogP contribution in [0.15, 0.2) is 29.1 Å². The molecule has 0 radical (unpaired) electrons. The Bertz CT molecular complexity index is 1000. The molecule has 6 nitrogen and oxygen atoms in total. The van der Waals surface area contributed by atoms with Crippen LogP contribution < -0.4 is 5.56 Å². The Hall–Kier alpha value is -2.54. The highest BCUT2D eigenvalue weighted by Gasteiger charge is 2.19. The summed E-state index contributed by atoms with van der Waals surface area (Å²) in [6, 6.07) is 7.97. The van der Waals surface area contributed by atoms with Crippen molar-refractivity contribution in [2.24, 2.45) is 0 Å². The van der Waals surface area contributed by atoms with E-state index in [2.05, 4.69) is 10.1 Å². The molecule has 0 aliphatic carbocycles. The highest BCUT2D eigenvalue weighted by atomic mass is 32.1. The lowest BCUT2D eigenvalue weighted by atomic mass is 10.1. The number of carbonyl (C=O) groups excluding carboxylic acids is 1. The molecule has 0 atom stereocenters. The summed E-state index contributed by atoms with van der Waals surface area (Å²) in [5.41, 5.74) is 2.81. The van der Waals surface area contributed by atoms with Gasteiger partial charge in [-0.25, -0.2) is 9.67 Å². The Balaban J connectivity index is 2.15. The van der Waals surface area contributed by atoms with Gasteiger partial charge in [0.2, 0.25) is 5.91 Å². The molecule has 0 aliphatic heterocycles. The highest BCUT2D eigenvalue weighted by molar-refractivity contribution is 7.19. The molecule has 3 aromatic rings. The van der Waals surface area contributed by atoms with Gasteiger partial charge in [0.1, 0.15) is 12.2 Å². The van der Waals surface area contributed by atoms with Crippen molar-refractivity contribution >= 4 is 27.5 Å². The molecule has 0 N–H and O–H groups in total. The largest absolute Gasteiger partial charge is 0.342 e. The number of thiazole rings is 1. The Labute approximate surface area is 156 Å². The van der Waals surface area contributed by atoms with Crippen LogP contribution in [0.3, 0.4) is 0 Å². The Morgan fingerprint density at radius 1 is 1.15 bits per heavy atom. The summed E-state index contributed by atoms with van der Waals surface area (Å²) in [4.78, 5) is 31.3. The number of hydrogen-bond acceptors (Lipinski definition) is 5. The van der Waals surface area contributed by atoms with Crippen molar-refractivity contribution in [2.45, 2.75) is 34.2 Å². The number of likely N-dealkylation sites (N-methyl/N-ethyl adjacent to an activating group) is 1.